The number of hydrogen-bond donors (Lipinski definition) is 0. The first-order chi connectivity index (χ1) is 13.7. The molecule has 0 unspecified atom stereocenters. The van der Waals surface area contributed by atoms with E-state index in [1.807, 2.05) is 52.7 Å². The van der Waals surface area contributed by atoms with E-state index in [1.54, 1.807) is 0 Å². The van der Waals surface area contributed by atoms with Crippen LogP contribution in [0.25, 0.3) is 0 Å². The van der Waals surface area contributed by atoms with E-state index in [4.69, 9.17) is 4.74 Å². The second-order valence-electron chi connectivity index (χ2n) is 7.97. The molecule has 0 aromatic heterocycles. The first-order valence-corrected chi connectivity index (χ1v) is 12.6. The molecule has 4 rings (SSSR count). The van der Waals surface area contributed by atoms with Gasteiger partial charge in [-0.1, -0.05) is 25.0 Å². The Morgan fingerprint density at radius 2 is 1.68 bits per heavy atom. The van der Waals surface area contributed by atoms with Gasteiger partial charge in [-0.05, 0) is 67.2 Å². The minimum Gasteiger partial charge on any atom is -0.452 e. The van der Waals surface area contributed by atoms with Crippen LogP contribution in [-0.4, -0.2) is 47.5 Å². The van der Waals surface area contributed by atoms with Crippen molar-refractivity contribution in [3.8, 4) is 0 Å². The molecule has 28 heavy (non-hydrogen) atoms. The summed E-state index contributed by atoms with van der Waals surface area (Å²) in [5.74, 6) is 2.60. The molecule has 1 aliphatic carbocycles. The number of benzene rings is 1. The number of hydrogen-bond acceptors (Lipinski definition) is 5. The van der Waals surface area contributed by atoms with E-state index in [0.29, 0.717) is 22.1 Å². The van der Waals surface area contributed by atoms with Gasteiger partial charge in [0.05, 0.1) is 10.1 Å². The van der Waals surface area contributed by atoms with Crippen molar-refractivity contribution in [3.63, 3.8) is 0 Å². The molecule has 2 heterocycles. The zero-order valence-electron chi connectivity index (χ0n) is 16.3. The summed E-state index contributed by atoms with van der Waals surface area (Å²) in [5, 5.41) is 0. The van der Waals surface area contributed by atoms with Gasteiger partial charge in [0.1, 0.15) is 0 Å². The van der Waals surface area contributed by atoms with Gasteiger partial charge in [-0.25, -0.2) is 4.79 Å². The number of ether oxygens (including phenoxy) is 1. The van der Waals surface area contributed by atoms with Crippen molar-refractivity contribution in [1.29, 1.82) is 0 Å². The molecule has 152 valence electrons. The number of rotatable bonds is 4. The SMILES string of the molecule is O=C(OCC(=O)N1CCC[C@H]2CCCC[C@@H]21)c1ccc(C2SCCCS2)cc1. The lowest BCUT2D eigenvalue weighted by molar-refractivity contribution is -0.140. The summed E-state index contributed by atoms with van der Waals surface area (Å²) >= 11 is 3.93. The highest BCUT2D eigenvalue weighted by atomic mass is 32.2. The molecule has 0 N–H and O–H groups in total. The second kappa shape index (κ2) is 9.57. The minimum absolute atomic E-state index is 0.0309. The third-order valence-corrected chi connectivity index (χ3v) is 9.15. The number of amides is 1. The van der Waals surface area contributed by atoms with Crippen LogP contribution in [0.15, 0.2) is 24.3 Å². The molecule has 1 amide bonds. The lowest BCUT2D eigenvalue weighted by Crippen LogP contribution is -2.50. The Morgan fingerprint density at radius 3 is 2.46 bits per heavy atom. The van der Waals surface area contributed by atoms with Crippen LogP contribution in [0, 0.1) is 5.92 Å². The molecule has 2 aliphatic heterocycles. The zero-order valence-corrected chi connectivity index (χ0v) is 17.9. The van der Waals surface area contributed by atoms with Crippen LogP contribution >= 0.6 is 23.5 Å². The molecule has 2 saturated heterocycles. The van der Waals surface area contributed by atoms with E-state index in [2.05, 4.69) is 0 Å². The van der Waals surface area contributed by atoms with Gasteiger partial charge in [-0.3, -0.25) is 4.79 Å². The van der Waals surface area contributed by atoms with Gasteiger partial charge in [-0.15, -0.1) is 23.5 Å². The minimum atomic E-state index is -0.402. The predicted molar refractivity (Wildman–Crippen MR) is 116 cm³/mol. The van der Waals surface area contributed by atoms with Gasteiger partial charge in [0.25, 0.3) is 5.91 Å². The molecule has 3 aliphatic rings. The number of thioether (sulfide) groups is 2. The van der Waals surface area contributed by atoms with Crippen LogP contribution in [0.4, 0.5) is 0 Å². The van der Waals surface area contributed by atoms with Crippen LogP contribution in [-0.2, 0) is 9.53 Å². The molecule has 1 aromatic carbocycles. The van der Waals surface area contributed by atoms with Crippen molar-refractivity contribution in [3.05, 3.63) is 35.4 Å². The molecule has 1 saturated carbocycles. The summed E-state index contributed by atoms with van der Waals surface area (Å²) in [6.45, 7) is 0.668. The van der Waals surface area contributed by atoms with Crippen molar-refractivity contribution >= 4 is 35.4 Å². The third-order valence-electron chi connectivity index (χ3n) is 6.14. The van der Waals surface area contributed by atoms with Crippen molar-refractivity contribution in [2.45, 2.75) is 55.6 Å². The Morgan fingerprint density at radius 1 is 0.964 bits per heavy atom. The quantitative estimate of drug-likeness (QED) is 0.650. The normalized spacial score (nSPS) is 25.8. The average Bonchev–Trinajstić information content (AvgIpc) is 2.77. The second-order valence-corrected chi connectivity index (χ2v) is 10.7. The topological polar surface area (TPSA) is 46.6 Å². The Bertz CT molecular complexity index is 686. The number of fused-ring (bicyclic) bond motifs is 1. The van der Waals surface area contributed by atoms with E-state index in [0.717, 1.165) is 19.4 Å². The van der Waals surface area contributed by atoms with E-state index < -0.39 is 5.97 Å². The van der Waals surface area contributed by atoms with E-state index in [9.17, 15) is 9.59 Å². The summed E-state index contributed by atoms with van der Waals surface area (Å²) in [6.07, 6.45) is 8.39. The highest BCUT2D eigenvalue weighted by Crippen LogP contribution is 2.43. The lowest BCUT2D eigenvalue weighted by atomic mass is 9.78. The van der Waals surface area contributed by atoms with Gasteiger partial charge in [0.2, 0.25) is 0 Å². The van der Waals surface area contributed by atoms with Crippen molar-refractivity contribution in [2.24, 2.45) is 5.92 Å². The highest BCUT2D eigenvalue weighted by molar-refractivity contribution is 8.16. The molecule has 0 radical (unpaired) electrons. The fraction of sp³-hybridized carbons (Fsp3) is 0.636. The average molecular weight is 420 g/mol. The number of piperidine rings is 1. The summed E-state index contributed by atoms with van der Waals surface area (Å²) < 4.78 is 5.83. The number of esters is 1. The largest absolute Gasteiger partial charge is 0.452 e. The molecular formula is C22H29NO3S2. The fourth-order valence-electron chi connectivity index (χ4n) is 4.68. The van der Waals surface area contributed by atoms with Gasteiger partial charge >= 0.3 is 5.97 Å². The molecule has 0 bridgehead atoms. The maximum Gasteiger partial charge on any atom is 0.338 e. The maximum absolute atomic E-state index is 12.7. The summed E-state index contributed by atoms with van der Waals surface area (Å²) in [5.41, 5.74) is 1.77. The van der Waals surface area contributed by atoms with Crippen LogP contribution in [0.1, 0.15) is 65.4 Å². The standard InChI is InChI=1S/C22H29NO3S2/c24-20(23-12-3-6-16-5-1-2-7-19(16)23)15-26-21(25)17-8-10-18(11-9-17)22-27-13-4-14-28-22/h8-11,16,19,22H,1-7,12-15H2/t16-,19+/m1/s1. The van der Waals surface area contributed by atoms with Gasteiger partial charge < -0.3 is 9.64 Å². The Balaban J connectivity index is 1.30. The predicted octanol–water partition coefficient (Wildman–Crippen LogP) is 4.89. The van der Waals surface area contributed by atoms with Crippen LogP contribution in [0.5, 0.6) is 0 Å². The maximum atomic E-state index is 12.7. The zero-order chi connectivity index (χ0) is 19.3. The van der Waals surface area contributed by atoms with Gasteiger partial charge in [-0.2, -0.15) is 0 Å². The Labute approximate surface area is 176 Å². The van der Waals surface area contributed by atoms with Crippen molar-refractivity contribution in [2.75, 3.05) is 24.7 Å². The molecule has 0 spiro atoms. The van der Waals surface area contributed by atoms with Crippen molar-refractivity contribution in [1.82, 2.24) is 4.90 Å². The number of likely N-dealkylation sites (tertiary alicyclic amines) is 1. The lowest BCUT2D eigenvalue weighted by Gasteiger charge is -2.44. The number of carbonyl (C=O) groups excluding carboxylic acids is 2. The summed E-state index contributed by atoms with van der Waals surface area (Å²) in [7, 11) is 0. The smallest absolute Gasteiger partial charge is 0.338 e. The number of carbonyl (C=O) groups is 2. The summed E-state index contributed by atoms with van der Waals surface area (Å²) in [6, 6.07) is 8.06. The molecule has 6 heteroatoms. The first kappa shape index (κ1) is 20.1. The first-order valence-electron chi connectivity index (χ1n) is 10.5. The van der Waals surface area contributed by atoms with Gasteiger partial charge in [0.15, 0.2) is 6.61 Å². The molecule has 1 aromatic rings. The Kier molecular flexibility index (Phi) is 6.89. The fourth-order valence-corrected chi connectivity index (χ4v) is 7.58. The monoisotopic (exact) mass is 419 g/mol. The third kappa shape index (κ3) is 4.70. The van der Waals surface area contributed by atoms with Crippen LogP contribution in [0.3, 0.4) is 0 Å². The van der Waals surface area contributed by atoms with Crippen LogP contribution < -0.4 is 0 Å². The Hall–Kier alpha value is -1.14. The molecular weight excluding hydrogens is 390 g/mol. The van der Waals surface area contributed by atoms with E-state index in [1.165, 1.54) is 49.2 Å². The van der Waals surface area contributed by atoms with Crippen LogP contribution in [0.2, 0.25) is 0 Å². The van der Waals surface area contributed by atoms with E-state index >= 15 is 0 Å². The molecule has 2 atom stereocenters. The molecule has 3 fully saturated rings. The highest BCUT2D eigenvalue weighted by Gasteiger charge is 2.35. The molecule has 4 nitrogen and oxygen atoms in total. The van der Waals surface area contributed by atoms with E-state index in [-0.39, 0.29) is 12.5 Å². The summed E-state index contributed by atoms with van der Waals surface area (Å²) in [4.78, 5) is 27.1. The van der Waals surface area contributed by atoms with Gasteiger partial charge in [0, 0.05) is 12.6 Å². The number of nitrogens with zero attached hydrogens (tertiary/aromatic N) is 1. The van der Waals surface area contributed by atoms with Crippen molar-refractivity contribution < 1.29 is 14.3 Å².